The molecule has 2 fully saturated rings. The molecule has 0 amide bonds. The van der Waals surface area contributed by atoms with Crippen LogP contribution in [-0.2, 0) is 0 Å². The van der Waals surface area contributed by atoms with E-state index in [0.29, 0.717) is 6.42 Å². The predicted octanol–water partition coefficient (Wildman–Crippen LogP) is 4.29. The Morgan fingerprint density at radius 3 is 2.95 bits per heavy atom. The minimum absolute atomic E-state index is 0.270. The van der Waals surface area contributed by atoms with Crippen LogP contribution in [0.3, 0.4) is 0 Å². The molecule has 1 heterocycles. The summed E-state index contributed by atoms with van der Waals surface area (Å²) >= 11 is 3.43. The third-order valence-electron chi connectivity index (χ3n) is 4.88. The first-order valence-electron chi connectivity index (χ1n) is 7.77. The van der Waals surface area contributed by atoms with Crippen molar-refractivity contribution in [1.29, 1.82) is 0 Å². The molecule has 1 aromatic rings. The lowest BCUT2D eigenvalue weighted by Crippen LogP contribution is -2.43. The average molecular weight is 336 g/mol. The number of carbonyl (C=O) groups is 1. The van der Waals surface area contributed by atoms with E-state index in [9.17, 15) is 4.79 Å². The third-order valence-corrected chi connectivity index (χ3v) is 5.37. The Bertz CT molecular complexity index is 488. The maximum absolute atomic E-state index is 12.3. The van der Waals surface area contributed by atoms with Crippen LogP contribution in [0.1, 0.15) is 48.9 Å². The lowest BCUT2D eigenvalue weighted by molar-refractivity contribution is 0.0875. The zero-order valence-electron chi connectivity index (χ0n) is 11.9. The molecule has 1 aliphatic heterocycles. The number of hydrogen-bond acceptors (Lipinski definition) is 2. The van der Waals surface area contributed by atoms with Crippen LogP contribution in [0.15, 0.2) is 28.7 Å². The number of halogens is 1. The van der Waals surface area contributed by atoms with Crippen molar-refractivity contribution in [3.8, 4) is 0 Å². The topological polar surface area (TPSA) is 20.3 Å². The Hall–Kier alpha value is -0.670. The van der Waals surface area contributed by atoms with Crippen LogP contribution in [0.25, 0.3) is 0 Å². The predicted molar refractivity (Wildman–Crippen MR) is 85.0 cm³/mol. The van der Waals surface area contributed by atoms with Crippen molar-refractivity contribution in [2.75, 3.05) is 13.1 Å². The van der Waals surface area contributed by atoms with Crippen LogP contribution in [0.5, 0.6) is 0 Å². The summed E-state index contributed by atoms with van der Waals surface area (Å²) in [6, 6.07) is 8.51. The van der Waals surface area contributed by atoms with E-state index in [1.54, 1.807) is 0 Å². The van der Waals surface area contributed by atoms with Gasteiger partial charge in [-0.25, -0.2) is 0 Å². The van der Waals surface area contributed by atoms with Gasteiger partial charge in [-0.3, -0.25) is 9.69 Å². The number of piperidine rings is 1. The quantitative estimate of drug-likeness (QED) is 0.765. The molecule has 1 saturated heterocycles. The molecule has 0 bridgehead atoms. The van der Waals surface area contributed by atoms with Gasteiger partial charge < -0.3 is 0 Å². The van der Waals surface area contributed by atoms with E-state index in [0.717, 1.165) is 28.5 Å². The van der Waals surface area contributed by atoms with E-state index in [2.05, 4.69) is 20.8 Å². The maximum atomic E-state index is 12.3. The molecule has 1 aromatic carbocycles. The summed E-state index contributed by atoms with van der Waals surface area (Å²) in [6.45, 7) is 2.12. The van der Waals surface area contributed by atoms with Crippen molar-refractivity contribution >= 4 is 21.7 Å². The number of rotatable bonds is 4. The normalized spacial score (nSPS) is 26.4. The number of fused-ring (bicyclic) bond motifs is 1. The van der Waals surface area contributed by atoms with E-state index < -0.39 is 0 Å². The highest BCUT2D eigenvalue weighted by Crippen LogP contribution is 2.36. The molecular weight excluding hydrogens is 314 g/mol. The second kappa shape index (κ2) is 6.40. The Labute approximate surface area is 129 Å². The summed E-state index contributed by atoms with van der Waals surface area (Å²) in [7, 11) is 0. The zero-order chi connectivity index (χ0) is 13.9. The van der Waals surface area contributed by atoms with Crippen LogP contribution in [0.2, 0.25) is 0 Å². The summed E-state index contributed by atoms with van der Waals surface area (Å²) in [5.41, 5.74) is 0.833. The number of hydrogen-bond donors (Lipinski definition) is 0. The highest BCUT2D eigenvalue weighted by molar-refractivity contribution is 9.10. The van der Waals surface area contributed by atoms with Crippen molar-refractivity contribution < 1.29 is 4.79 Å². The first-order valence-corrected chi connectivity index (χ1v) is 8.56. The summed E-state index contributed by atoms with van der Waals surface area (Å²) in [5, 5.41) is 0. The van der Waals surface area contributed by atoms with Crippen molar-refractivity contribution in [1.82, 2.24) is 4.90 Å². The molecular formula is C17H22BrNO. The number of Topliss-reactive ketones (excluding diaryl/α,β-unsaturated/α-hetero) is 1. The van der Waals surface area contributed by atoms with Gasteiger partial charge in [-0.2, -0.15) is 0 Å². The van der Waals surface area contributed by atoms with Gasteiger partial charge in [-0.15, -0.1) is 0 Å². The fourth-order valence-electron chi connectivity index (χ4n) is 3.89. The van der Waals surface area contributed by atoms with E-state index in [1.165, 1.54) is 38.6 Å². The van der Waals surface area contributed by atoms with Crippen LogP contribution in [0, 0.1) is 5.92 Å². The first-order chi connectivity index (χ1) is 9.74. The molecule has 0 radical (unpaired) electrons. The molecule has 0 N–H and O–H groups in total. The summed E-state index contributed by atoms with van der Waals surface area (Å²) in [4.78, 5) is 14.9. The van der Waals surface area contributed by atoms with Crippen molar-refractivity contribution in [3.63, 3.8) is 0 Å². The van der Waals surface area contributed by atoms with Gasteiger partial charge in [-0.1, -0.05) is 34.5 Å². The maximum Gasteiger partial charge on any atom is 0.164 e. The minimum atomic E-state index is 0.270. The molecule has 2 unspecified atom stereocenters. The van der Waals surface area contributed by atoms with E-state index in [-0.39, 0.29) is 5.78 Å². The molecule has 108 valence electrons. The van der Waals surface area contributed by atoms with Gasteiger partial charge in [0.15, 0.2) is 5.78 Å². The third kappa shape index (κ3) is 3.15. The molecule has 0 aromatic heterocycles. The van der Waals surface area contributed by atoms with E-state index >= 15 is 0 Å². The average Bonchev–Trinajstić information content (AvgIpc) is 2.93. The summed E-state index contributed by atoms with van der Waals surface area (Å²) < 4.78 is 0.983. The molecule has 2 aliphatic rings. The Kier molecular flexibility index (Phi) is 4.57. The monoisotopic (exact) mass is 335 g/mol. The van der Waals surface area contributed by atoms with Crippen LogP contribution < -0.4 is 0 Å². The Balaban J connectivity index is 1.57. The van der Waals surface area contributed by atoms with Gasteiger partial charge in [0.05, 0.1) is 0 Å². The van der Waals surface area contributed by atoms with Gasteiger partial charge in [0.2, 0.25) is 0 Å². The molecule has 20 heavy (non-hydrogen) atoms. The largest absolute Gasteiger partial charge is 0.300 e. The molecule has 1 aliphatic carbocycles. The van der Waals surface area contributed by atoms with Gasteiger partial charge in [0.1, 0.15) is 0 Å². The summed E-state index contributed by atoms with van der Waals surface area (Å²) in [6.07, 6.45) is 7.49. The van der Waals surface area contributed by atoms with Gasteiger partial charge in [0, 0.05) is 29.0 Å². The number of carbonyl (C=O) groups excluding carboxylic acids is 1. The molecule has 2 nitrogen and oxygen atoms in total. The van der Waals surface area contributed by atoms with Crippen molar-refractivity contribution in [2.45, 2.75) is 44.6 Å². The first kappa shape index (κ1) is 14.3. The molecule has 1 saturated carbocycles. The molecule has 3 rings (SSSR count). The minimum Gasteiger partial charge on any atom is -0.300 e. The Morgan fingerprint density at radius 2 is 2.10 bits per heavy atom. The number of nitrogens with zero attached hydrogens (tertiary/aromatic N) is 1. The second-order valence-corrected chi connectivity index (χ2v) is 7.04. The highest BCUT2D eigenvalue weighted by atomic mass is 79.9. The fraction of sp³-hybridized carbons (Fsp3) is 0.588. The van der Waals surface area contributed by atoms with Gasteiger partial charge in [0.25, 0.3) is 0 Å². The zero-order valence-corrected chi connectivity index (χ0v) is 13.4. The number of ketones is 1. The molecule has 3 heteroatoms. The molecule has 0 spiro atoms. The van der Waals surface area contributed by atoms with Crippen LogP contribution in [0.4, 0.5) is 0 Å². The van der Waals surface area contributed by atoms with Crippen molar-refractivity contribution in [2.24, 2.45) is 5.92 Å². The molecule has 2 atom stereocenters. The number of benzene rings is 1. The van der Waals surface area contributed by atoms with Crippen LogP contribution in [-0.4, -0.2) is 29.8 Å². The van der Waals surface area contributed by atoms with Gasteiger partial charge >= 0.3 is 0 Å². The van der Waals surface area contributed by atoms with E-state index in [4.69, 9.17) is 0 Å². The lowest BCUT2D eigenvalue weighted by atomic mass is 9.91. The number of likely N-dealkylation sites (tertiary alicyclic amines) is 1. The summed E-state index contributed by atoms with van der Waals surface area (Å²) in [5.74, 6) is 1.18. The highest BCUT2D eigenvalue weighted by Gasteiger charge is 2.34. The standard InChI is InChI=1S/C17H22BrNO/c18-15-7-1-5-14(12-15)17(20)9-11-19-10-3-6-13-4-2-8-16(13)19/h1,5,7,12-13,16H,2-4,6,8-11H2. The lowest BCUT2D eigenvalue weighted by Gasteiger charge is -2.37. The fourth-order valence-corrected chi connectivity index (χ4v) is 4.29. The Morgan fingerprint density at radius 1 is 1.25 bits per heavy atom. The van der Waals surface area contributed by atoms with Crippen LogP contribution >= 0.6 is 15.9 Å². The second-order valence-electron chi connectivity index (χ2n) is 6.12. The van der Waals surface area contributed by atoms with Gasteiger partial charge in [-0.05, 0) is 50.3 Å². The SMILES string of the molecule is O=C(CCN1CCCC2CCCC21)c1cccc(Br)c1. The van der Waals surface area contributed by atoms with Crippen molar-refractivity contribution in [3.05, 3.63) is 34.3 Å². The van der Waals surface area contributed by atoms with E-state index in [1.807, 2.05) is 24.3 Å². The smallest absolute Gasteiger partial charge is 0.164 e.